The van der Waals surface area contributed by atoms with Gasteiger partial charge in [-0.2, -0.15) is 0 Å². The zero-order chi connectivity index (χ0) is 14.5. The van der Waals surface area contributed by atoms with Crippen LogP contribution >= 0.6 is 11.6 Å². The Hall–Kier alpha value is -1.80. The third kappa shape index (κ3) is 3.40. The smallest absolute Gasteiger partial charge is 0.253 e. The van der Waals surface area contributed by atoms with Crippen molar-refractivity contribution in [1.29, 1.82) is 0 Å². The van der Waals surface area contributed by atoms with Crippen molar-refractivity contribution in [2.24, 2.45) is 5.92 Å². The van der Waals surface area contributed by atoms with Gasteiger partial charge in [0, 0.05) is 0 Å². The summed E-state index contributed by atoms with van der Waals surface area (Å²) in [6, 6.07) is 17.0. The highest BCUT2D eigenvalue weighted by Crippen LogP contribution is 2.23. The van der Waals surface area contributed by atoms with E-state index in [9.17, 15) is 4.79 Å². The molecule has 0 aromatic heterocycles. The molecule has 104 valence electrons. The molecular weight excluding hydrogens is 270 g/mol. The van der Waals surface area contributed by atoms with Crippen LogP contribution < -0.4 is 5.32 Å². The van der Waals surface area contributed by atoms with Crippen LogP contribution in [0.5, 0.6) is 0 Å². The summed E-state index contributed by atoms with van der Waals surface area (Å²) in [5.41, 5.74) is 1.61. The molecule has 0 heterocycles. The summed E-state index contributed by atoms with van der Waals surface area (Å²) in [4.78, 5) is 12.4. The fourth-order valence-electron chi connectivity index (χ4n) is 2.16. The van der Waals surface area contributed by atoms with Gasteiger partial charge in [0.15, 0.2) is 0 Å². The highest BCUT2D eigenvalue weighted by Gasteiger charge is 2.19. The van der Waals surface area contributed by atoms with E-state index >= 15 is 0 Å². The molecule has 2 aromatic carbocycles. The van der Waals surface area contributed by atoms with E-state index in [0.29, 0.717) is 16.5 Å². The summed E-state index contributed by atoms with van der Waals surface area (Å²) in [7, 11) is 0. The van der Waals surface area contributed by atoms with Gasteiger partial charge in [0.1, 0.15) is 0 Å². The Balaban J connectivity index is 2.22. The van der Waals surface area contributed by atoms with Crippen LogP contribution in [0.25, 0.3) is 0 Å². The van der Waals surface area contributed by atoms with E-state index in [1.165, 1.54) is 0 Å². The Kier molecular flexibility index (Phi) is 4.80. The summed E-state index contributed by atoms with van der Waals surface area (Å²) in [5, 5.41) is 3.54. The first kappa shape index (κ1) is 14.6. The average molecular weight is 288 g/mol. The number of carbonyl (C=O) groups excluding carboxylic acids is 1. The number of hydrogen-bond acceptors (Lipinski definition) is 1. The van der Waals surface area contributed by atoms with Crippen molar-refractivity contribution in [3.8, 4) is 0 Å². The largest absolute Gasteiger partial charge is 0.345 e. The van der Waals surface area contributed by atoms with Crippen LogP contribution in [0.15, 0.2) is 54.6 Å². The van der Waals surface area contributed by atoms with Crippen LogP contribution in [0.1, 0.15) is 35.8 Å². The Bertz CT molecular complexity index is 581. The van der Waals surface area contributed by atoms with Gasteiger partial charge in [0.05, 0.1) is 16.6 Å². The molecule has 0 aliphatic heterocycles. The fourth-order valence-corrected chi connectivity index (χ4v) is 2.38. The van der Waals surface area contributed by atoms with Gasteiger partial charge in [-0.15, -0.1) is 0 Å². The topological polar surface area (TPSA) is 29.1 Å². The number of nitrogens with one attached hydrogen (secondary N) is 1. The number of halogens is 1. The van der Waals surface area contributed by atoms with Gasteiger partial charge in [-0.1, -0.05) is 67.9 Å². The molecule has 0 saturated heterocycles. The van der Waals surface area contributed by atoms with Crippen LogP contribution in [0.2, 0.25) is 5.02 Å². The molecule has 1 unspecified atom stereocenters. The minimum Gasteiger partial charge on any atom is -0.345 e. The molecule has 2 aromatic rings. The van der Waals surface area contributed by atoms with E-state index in [1.807, 2.05) is 42.5 Å². The van der Waals surface area contributed by atoms with E-state index in [2.05, 4.69) is 19.2 Å². The third-order valence-electron chi connectivity index (χ3n) is 3.23. The normalized spacial score (nSPS) is 12.2. The maximum atomic E-state index is 12.4. The van der Waals surface area contributed by atoms with Gasteiger partial charge in [-0.25, -0.2) is 0 Å². The van der Waals surface area contributed by atoms with Gasteiger partial charge < -0.3 is 5.32 Å². The Morgan fingerprint density at radius 3 is 2.20 bits per heavy atom. The van der Waals surface area contributed by atoms with Gasteiger partial charge in [0.25, 0.3) is 5.91 Å². The number of hydrogen-bond donors (Lipinski definition) is 1. The standard InChI is InChI=1S/C17H18ClNO/c1-12(2)16(13-8-4-3-5-9-13)19-17(20)14-10-6-7-11-15(14)18/h3-12,16H,1-2H3,(H,19,20). The molecular formula is C17H18ClNO. The minimum absolute atomic E-state index is 0.0278. The Labute approximate surface area is 124 Å². The quantitative estimate of drug-likeness (QED) is 0.883. The van der Waals surface area contributed by atoms with Gasteiger partial charge in [0.2, 0.25) is 0 Å². The van der Waals surface area contributed by atoms with Gasteiger partial charge >= 0.3 is 0 Å². The van der Waals surface area contributed by atoms with E-state index in [-0.39, 0.29) is 11.9 Å². The zero-order valence-electron chi connectivity index (χ0n) is 11.6. The van der Waals surface area contributed by atoms with Crippen molar-refractivity contribution in [2.75, 3.05) is 0 Å². The molecule has 0 aliphatic carbocycles. The van der Waals surface area contributed by atoms with Crippen molar-refractivity contribution in [2.45, 2.75) is 19.9 Å². The van der Waals surface area contributed by atoms with Crippen molar-refractivity contribution >= 4 is 17.5 Å². The maximum absolute atomic E-state index is 12.4. The predicted octanol–water partition coefficient (Wildman–Crippen LogP) is 4.47. The molecule has 0 bridgehead atoms. The Morgan fingerprint density at radius 1 is 1.00 bits per heavy atom. The van der Waals surface area contributed by atoms with Crippen LogP contribution in [-0.4, -0.2) is 5.91 Å². The first-order chi connectivity index (χ1) is 9.59. The summed E-state index contributed by atoms with van der Waals surface area (Å²) in [5.74, 6) is 0.155. The second kappa shape index (κ2) is 6.58. The lowest BCUT2D eigenvalue weighted by atomic mass is 9.95. The average Bonchev–Trinajstić information content (AvgIpc) is 2.45. The molecule has 2 rings (SSSR count). The van der Waals surface area contributed by atoms with Crippen LogP contribution in [0, 0.1) is 5.92 Å². The van der Waals surface area contributed by atoms with Crippen LogP contribution in [0.4, 0.5) is 0 Å². The number of carbonyl (C=O) groups is 1. The highest BCUT2D eigenvalue weighted by atomic mass is 35.5. The molecule has 3 heteroatoms. The summed E-state index contributed by atoms with van der Waals surface area (Å²) >= 11 is 6.07. The second-order valence-corrected chi connectivity index (χ2v) is 5.49. The molecule has 0 saturated carbocycles. The molecule has 0 fully saturated rings. The van der Waals surface area contributed by atoms with E-state index in [1.54, 1.807) is 12.1 Å². The number of benzene rings is 2. The lowest BCUT2D eigenvalue weighted by Crippen LogP contribution is -2.31. The number of amides is 1. The lowest BCUT2D eigenvalue weighted by molar-refractivity contribution is 0.0926. The van der Waals surface area contributed by atoms with Crippen molar-refractivity contribution in [3.05, 3.63) is 70.7 Å². The van der Waals surface area contributed by atoms with Crippen LogP contribution in [0.3, 0.4) is 0 Å². The monoisotopic (exact) mass is 287 g/mol. The zero-order valence-corrected chi connectivity index (χ0v) is 12.4. The summed E-state index contributed by atoms with van der Waals surface area (Å²) < 4.78 is 0. The van der Waals surface area contributed by atoms with Crippen molar-refractivity contribution in [1.82, 2.24) is 5.32 Å². The molecule has 1 amide bonds. The van der Waals surface area contributed by atoms with Gasteiger partial charge in [-0.05, 0) is 23.6 Å². The van der Waals surface area contributed by atoms with E-state index < -0.39 is 0 Å². The summed E-state index contributed by atoms with van der Waals surface area (Å²) in [6.07, 6.45) is 0. The molecule has 2 nitrogen and oxygen atoms in total. The van der Waals surface area contributed by atoms with Gasteiger partial charge in [-0.3, -0.25) is 4.79 Å². The molecule has 0 aliphatic rings. The molecule has 1 atom stereocenters. The molecule has 0 spiro atoms. The molecule has 1 N–H and O–H groups in total. The van der Waals surface area contributed by atoms with Crippen molar-refractivity contribution in [3.63, 3.8) is 0 Å². The first-order valence-corrected chi connectivity index (χ1v) is 7.07. The first-order valence-electron chi connectivity index (χ1n) is 6.70. The highest BCUT2D eigenvalue weighted by molar-refractivity contribution is 6.33. The Morgan fingerprint density at radius 2 is 1.60 bits per heavy atom. The SMILES string of the molecule is CC(C)C(NC(=O)c1ccccc1Cl)c1ccccc1. The predicted molar refractivity (Wildman–Crippen MR) is 82.9 cm³/mol. The van der Waals surface area contributed by atoms with Crippen LogP contribution in [-0.2, 0) is 0 Å². The van der Waals surface area contributed by atoms with E-state index in [4.69, 9.17) is 11.6 Å². The number of rotatable bonds is 4. The fraction of sp³-hybridized carbons (Fsp3) is 0.235. The molecule has 0 radical (unpaired) electrons. The summed E-state index contributed by atoms with van der Waals surface area (Å²) in [6.45, 7) is 4.18. The second-order valence-electron chi connectivity index (χ2n) is 5.09. The van der Waals surface area contributed by atoms with E-state index in [0.717, 1.165) is 5.56 Å². The molecule has 20 heavy (non-hydrogen) atoms. The minimum atomic E-state index is -0.141. The third-order valence-corrected chi connectivity index (χ3v) is 3.56. The maximum Gasteiger partial charge on any atom is 0.253 e. The lowest BCUT2D eigenvalue weighted by Gasteiger charge is -2.23. The van der Waals surface area contributed by atoms with Crippen molar-refractivity contribution < 1.29 is 4.79 Å².